The first kappa shape index (κ1) is 29.1. The minimum absolute atomic E-state index is 0.00942. The molecule has 2 N–H and O–H groups in total. The number of allylic oxidation sites excluding steroid dienone is 2. The summed E-state index contributed by atoms with van der Waals surface area (Å²) >= 11 is 0. The fourth-order valence-corrected chi connectivity index (χ4v) is 5.07. The van der Waals surface area contributed by atoms with E-state index in [1.54, 1.807) is 13.0 Å². The second kappa shape index (κ2) is 12.8. The van der Waals surface area contributed by atoms with Crippen molar-refractivity contribution >= 4 is 17.8 Å². The van der Waals surface area contributed by atoms with Crippen LogP contribution in [0, 0.1) is 5.92 Å². The highest BCUT2D eigenvalue weighted by atomic mass is 16.6. The first-order valence-corrected chi connectivity index (χ1v) is 13.1. The molecular formula is C28H41NO8. The molecule has 3 aliphatic rings. The van der Waals surface area contributed by atoms with Crippen LogP contribution in [0.15, 0.2) is 36.0 Å². The van der Waals surface area contributed by atoms with E-state index in [1.165, 1.54) is 13.0 Å². The van der Waals surface area contributed by atoms with Crippen LogP contribution in [0.2, 0.25) is 0 Å². The van der Waals surface area contributed by atoms with Gasteiger partial charge in [0.1, 0.15) is 6.10 Å². The maximum absolute atomic E-state index is 12.3. The lowest BCUT2D eigenvalue weighted by atomic mass is 9.88. The van der Waals surface area contributed by atoms with E-state index in [0.717, 1.165) is 24.8 Å². The number of carbonyl (C=O) groups excluding carboxylic acids is 2. The van der Waals surface area contributed by atoms with E-state index in [1.807, 2.05) is 26.0 Å². The average Bonchev–Trinajstić information content (AvgIpc) is 3.54. The maximum Gasteiger partial charge on any atom is 0.305 e. The standard InChI is InChI=1S/C28H41NO8/c1-17(6-9-22-14-28(16-34-28)15-23(37-22)13-27(32)33)7-10-25-18(2)12-24(20(4)36-25)29-26(31)11-8-19(3)35-21(5)30/h6-9,11,18-20,22-25H,10,12-16H2,1-5H3,(H,29,31)(H,32,33)/b9-6+,11-8-,17-7+/t18-,19-,20+,22?,23?,24+,25?,28+/m0/s1. The fraction of sp³-hybridized carbons (Fsp3) is 0.679. The van der Waals surface area contributed by atoms with Gasteiger partial charge >= 0.3 is 11.9 Å². The minimum Gasteiger partial charge on any atom is -0.481 e. The number of amides is 1. The van der Waals surface area contributed by atoms with Crippen LogP contribution in [-0.4, -0.2) is 71.7 Å². The van der Waals surface area contributed by atoms with Gasteiger partial charge in [0, 0.05) is 25.8 Å². The first-order valence-electron chi connectivity index (χ1n) is 13.1. The van der Waals surface area contributed by atoms with Crippen LogP contribution in [0.4, 0.5) is 0 Å². The molecular weight excluding hydrogens is 478 g/mol. The average molecular weight is 520 g/mol. The molecule has 3 rings (SSSR count). The van der Waals surface area contributed by atoms with Crippen molar-refractivity contribution in [2.45, 2.75) is 109 Å². The van der Waals surface area contributed by atoms with Crippen molar-refractivity contribution in [1.82, 2.24) is 5.32 Å². The van der Waals surface area contributed by atoms with E-state index in [4.69, 9.17) is 24.1 Å². The zero-order chi connectivity index (χ0) is 27.2. The smallest absolute Gasteiger partial charge is 0.305 e. The van der Waals surface area contributed by atoms with Gasteiger partial charge in [-0.1, -0.05) is 30.7 Å². The van der Waals surface area contributed by atoms with Crippen LogP contribution in [0.25, 0.3) is 0 Å². The van der Waals surface area contributed by atoms with Crippen LogP contribution >= 0.6 is 0 Å². The molecule has 0 saturated carbocycles. The third-order valence-electron chi connectivity index (χ3n) is 7.16. The van der Waals surface area contributed by atoms with Crippen molar-refractivity contribution in [2.75, 3.05) is 6.61 Å². The van der Waals surface area contributed by atoms with Gasteiger partial charge in [-0.3, -0.25) is 14.4 Å². The molecule has 0 aromatic carbocycles. The number of rotatable bonds is 10. The maximum atomic E-state index is 12.3. The van der Waals surface area contributed by atoms with E-state index in [9.17, 15) is 14.4 Å². The number of carboxylic acid groups (broad SMARTS) is 1. The highest BCUT2D eigenvalue weighted by Crippen LogP contribution is 2.43. The van der Waals surface area contributed by atoms with E-state index < -0.39 is 12.1 Å². The minimum atomic E-state index is -0.857. The molecule has 3 unspecified atom stereocenters. The molecule has 3 fully saturated rings. The Labute approximate surface area is 219 Å². The molecule has 8 atom stereocenters. The van der Waals surface area contributed by atoms with Crippen LogP contribution in [0.5, 0.6) is 0 Å². The number of esters is 1. The third kappa shape index (κ3) is 9.39. The molecule has 9 heteroatoms. The number of carboxylic acids is 1. The summed E-state index contributed by atoms with van der Waals surface area (Å²) in [6.07, 6.45) is 11.0. The summed E-state index contributed by atoms with van der Waals surface area (Å²) in [5.41, 5.74) is 0.870. The summed E-state index contributed by atoms with van der Waals surface area (Å²) in [7, 11) is 0. The number of epoxide rings is 1. The summed E-state index contributed by atoms with van der Waals surface area (Å²) in [5, 5.41) is 12.1. The Balaban J connectivity index is 1.46. The summed E-state index contributed by atoms with van der Waals surface area (Å²) in [6.45, 7) is 9.83. The van der Waals surface area contributed by atoms with E-state index in [-0.39, 0.29) is 60.3 Å². The Morgan fingerprint density at radius 2 is 1.89 bits per heavy atom. The van der Waals surface area contributed by atoms with Crippen molar-refractivity contribution in [3.05, 3.63) is 36.0 Å². The number of hydrogen-bond donors (Lipinski definition) is 2. The van der Waals surface area contributed by atoms with Crippen molar-refractivity contribution < 1.29 is 38.4 Å². The molecule has 1 amide bonds. The second-order valence-corrected chi connectivity index (χ2v) is 10.7. The van der Waals surface area contributed by atoms with Gasteiger partial charge in [-0.15, -0.1) is 0 Å². The topological polar surface area (TPSA) is 124 Å². The molecule has 3 heterocycles. The van der Waals surface area contributed by atoms with Crippen LogP contribution < -0.4 is 5.32 Å². The lowest BCUT2D eigenvalue weighted by Gasteiger charge is -2.39. The number of aliphatic carboxylic acids is 1. The molecule has 0 aromatic heterocycles. The summed E-state index contributed by atoms with van der Waals surface area (Å²) in [6, 6.07) is -0.100. The normalized spacial score (nSPS) is 35.0. The Hall–Kier alpha value is -2.49. The quantitative estimate of drug-likeness (QED) is 0.195. The van der Waals surface area contributed by atoms with E-state index in [2.05, 4.69) is 18.3 Å². The summed E-state index contributed by atoms with van der Waals surface area (Å²) < 4.78 is 22.8. The molecule has 37 heavy (non-hydrogen) atoms. The van der Waals surface area contributed by atoms with Crippen LogP contribution in [-0.2, 0) is 33.3 Å². The Morgan fingerprint density at radius 3 is 2.54 bits per heavy atom. The molecule has 0 aromatic rings. The van der Waals surface area contributed by atoms with Crippen molar-refractivity contribution in [3.63, 3.8) is 0 Å². The number of hydrogen-bond acceptors (Lipinski definition) is 7. The lowest BCUT2D eigenvalue weighted by molar-refractivity contribution is -0.144. The van der Waals surface area contributed by atoms with Crippen molar-refractivity contribution in [1.29, 1.82) is 0 Å². The highest BCUT2D eigenvalue weighted by Gasteiger charge is 2.51. The van der Waals surface area contributed by atoms with E-state index in [0.29, 0.717) is 13.0 Å². The Morgan fingerprint density at radius 1 is 1.16 bits per heavy atom. The first-order chi connectivity index (χ1) is 17.4. The Bertz CT molecular complexity index is 921. The number of nitrogens with one attached hydrogen (secondary N) is 1. The predicted octanol–water partition coefficient (Wildman–Crippen LogP) is 3.48. The third-order valence-corrected chi connectivity index (χ3v) is 7.16. The lowest BCUT2D eigenvalue weighted by Crippen LogP contribution is -2.50. The van der Waals surface area contributed by atoms with Gasteiger partial charge < -0.3 is 29.4 Å². The predicted molar refractivity (Wildman–Crippen MR) is 137 cm³/mol. The van der Waals surface area contributed by atoms with Crippen molar-refractivity contribution in [3.8, 4) is 0 Å². The van der Waals surface area contributed by atoms with Crippen molar-refractivity contribution in [2.24, 2.45) is 5.92 Å². The molecule has 3 aliphatic heterocycles. The van der Waals surface area contributed by atoms with Gasteiger partial charge in [-0.05, 0) is 45.6 Å². The zero-order valence-corrected chi connectivity index (χ0v) is 22.5. The molecule has 0 aliphatic carbocycles. The largest absolute Gasteiger partial charge is 0.481 e. The van der Waals surface area contributed by atoms with Crippen LogP contribution in [0.3, 0.4) is 0 Å². The van der Waals surface area contributed by atoms with Gasteiger partial charge in [0.05, 0.1) is 49.1 Å². The van der Waals surface area contributed by atoms with Gasteiger partial charge in [0.25, 0.3) is 0 Å². The molecule has 0 bridgehead atoms. The molecule has 0 radical (unpaired) electrons. The van der Waals surface area contributed by atoms with Gasteiger partial charge in [0.2, 0.25) is 5.91 Å². The highest BCUT2D eigenvalue weighted by molar-refractivity contribution is 5.87. The van der Waals surface area contributed by atoms with Gasteiger partial charge in [-0.2, -0.15) is 0 Å². The van der Waals surface area contributed by atoms with Gasteiger partial charge in [-0.25, -0.2) is 0 Å². The number of carbonyl (C=O) groups is 3. The Kier molecular flexibility index (Phi) is 10.1. The molecule has 1 spiro atoms. The fourth-order valence-electron chi connectivity index (χ4n) is 5.07. The number of ether oxygens (including phenoxy) is 4. The summed E-state index contributed by atoms with van der Waals surface area (Å²) in [4.78, 5) is 34.4. The molecule has 206 valence electrons. The molecule has 3 saturated heterocycles. The summed E-state index contributed by atoms with van der Waals surface area (Å²) in [5.74, 6) is -1.23. The van der Waals surface area contributed by atoms with E-state index >= 15 is 0 Å². The van der Waals surface area contributed by atoms with Crippen LogP contribution in [0.1, 0.15) is 66.7 Å². The van der Waals surface area contributed by atoms with Gasteiger partial charge in [0.15, 0.2) is 0 Å². The SMILES string of the molecule is CC(=O)O[C@@H](C)/C=C\C(=O)N[C@@H]1C[C@H](C)C(C/C=C(C)/C=C/C2C[C@]3(CO3)CC(CC(=O)O)O2)O[C@@H]1C. The second-order valence-electron chi connectivity index (χ2n) is 10.7. The zero-order valence-electron chi connectivity index (χ0n) is 22.5. The molecule has 9 nitrogen and oxygen atoms in total. The monoisotopic (exact) mass is 519 g/mol.